The van der Waals surface area contributed by atoms with Crippen LogP contribution in [0.2, 0.25) is 0 Å². The molecule has 0 bridgehead atoms. The molecule has 0 aliphatic carbocycles. The average Bonchev–Trinajstić information content (AvgIpc) is 2.17. The number of alkyl halides is 1. The van der Waals surface area contributed by atoms with Crippen molar-refractivity contribution in [2.75, 3.05) is 13.7 Å². The van der Waals surface area contributed by atoms with E-state index < -0.39 is 6.17 Å². The van der Waals surface area contributed by atoms with Crippen LogP contribution in [0.25, 0.3) is 0 Å². The fourth-order valence-electron chi connectivity index (χ4n) is 0.972. The van der Waals surface area contributed by atoms with Crippen molar-refractivity contribution in [2.45, 2.75) is 6.17 Å². The molecule has 0 aliphatic heterocycles. The van der Waals surface area contributed by atoms with E-state index in [0.717, 1.165) is 0 Å². The van der Waals surface area contributed by atoms with E-state index in [4.69, 9.17) is 10.5 Å². The molecule has 12 heavy (non-hydrogen) atoms. The molecule has 1 unspecified atom stereocenters. The molecule has 0 heterocycles. The predicted molar refractivity (Wildman–Crippen MR) is 45.9 cm³/mol. The van der Waals surface area contributed by atoms with E-state index in [1.165, 1.54) is 0 Å². The Hall–Kier alpha value is -1.09. The lowest BCUT2D eigenvalue weighted by Gasteiger charge is -2.06. The molecule has 0 amide bonds. The molecule has 3 heteroatoms. The molecular formula is C9H12FNO. The van der Waals surface area contributed by atoms with Crippen molar-refractivity contribution >= 4 is 0 Å². The van der Waals surface area contributed by atoms with Gasteiger partial charge in [-0.3, -0.25) is 0 Å². The Labute approximate surface area is 71.1 Å². The number of hydrogen-bond donors (Lipinski definition) is 1. The summed E-state index contributed by atoms with van der Waals surface area (Å²) in [4.78, 5) is 0. The van der Waals surface area contributed by atoms with E-state index in [2.05, 4.69) is 0 Å². The molecule has 0 aromatic heterocycles. The van der Waals surface area contributed by atoms with Gasteiger partial charge in [-0.15, -0.1) is 0 Å². The Bertz CT molecular complexity index is 252. The normalized spacial score (nSPS) is 12.6. The largest absolute Gasteiger partial charge is 0.497 e. The Morgan fingerprint density at radius 3 is 2.92 bits per heavy atom. The molecule has 0 saturated heterocycles. The summed E-state index contributed by atoms with van der Waals surface area (Å²) >= 11 is 0. The van der Waals surface area contributed by atoms with Crippen molar-refractivity contribution < 1.29 is 9.13 Å². The van der Waals surface area contributed by atoms with Crippen LogP contribution in [0.3, 0.4) is 0 Å². The van der Waals surface area contributed by atoms with Crippen LogP contribution in [-0.4, -0.2) is 13.7 Å². The van der Waals surface area contributed by atoms with Gasteiger partial charge in [-0.05, 0) is 17.7 Å². The highest BCUT2D eigenvalue weighted by molar-refractivity contribution is 5.29. The second kappa shape index (κ2) is 4.07. The third kappa shape index (κ3) is 1.95. The number of hydrogen-bond acceptors (Lipinski definition) is 2. The highest BCUT2D eigenvalue weighted by Crippen LogP contribution is 2.20. The SMILES string of the molecule is COc1cccc(C(F)CN)c1. The van der Waals surface area contributed by atoms with Gasteiger partial charge in [0.1, 0.15) is 11.9 Å². The molecule has 66 valence electrons. The summed E-state index contributed by atoms with van der Waals surface area (Å²) in [6, 6.07) is 6.86. The molecule has 0 radical (unpaired) electrons. The van der Waals surface area contributed by atoms with Crippen molar-refractivity contribution in [1.82, 2.24) is 0 Å². The highest BCUT2D eigenvalue weighted by atomic mass is 19.1. The molecule has 1 atom stereocenters. The van der Waals surface area contributed by atoms with E-state index in [1.807, 2.05) is 0 Å². The van der Waals surface area contributed by atoms with Crippen LogP contribution in [0.5, 0.6) is 5.75 Å². The fourth-order valence-corrected chi connectivity index (χ4v) is 0.972. The van der Waals surface area contributed by atoms with Crippen LogP contribution in [-0.2, 0) is 0 Å². The van der Waals surface area contributed by atoms with Gasteiger partial charge >= 0.3 is 0 Å². The summed E-state index contributed by atoms with van der Waals surface area (Å²) in [5.74, 6) is 0.656. The zero-order valence-electron chi connectivity index (χ0n) is 6.96. The monoisotopic (exact) mass is 169 g/mol. The fraction of sp³-hybridized carbons (Fsp3) is 0.333. The lowest BCUT2D eigenvalue weighted by atomic mass is 10.1. The minimum atomic E-state index is -1.10. The van der Waals surface area contributed by atoms with Crippen LogP contribution >= 0.6 is 0 Å². The first kappa shape index (κ1) is 9.00. The van der Waals surface area contributed by atoms with Crippen LogP contribution < -0.4 is 10.5 Å². The van der Waals surface area contributed by atoms with E-state index in [-0.39, 0.29) is 6.54 Å². The minimum absolute atomic E-state index is 0.00711. The number of nitrogens with two attached hydrogens (primary N) is 1. The first-order chi connectivity index (χ1) is 5.77. The molecule has 1 aromatic carbocycles. The Morgan fingerprint density at radius 2 is 2.33 bits per heavy atom. The van der Waals surface area contributed by atoms with E-state index in [1.54, 1.807) is 31.4 Å². The summed E-state index contributed by atoms with van der Waals surface area (Å²) in [6.07, 6.45) is -1.10. The van der Waals surface area contributed by atoms with Gasteiger partial charge in [-0.25, -0.2) is 4.39 Å². The van der Waals surface area contributed by atoms with E-state index >= 15 is 0 Å². The molecule has 0 fully saturated rings. The van der Waals surface area contributed by atoms with Crippen molar-refractivity contribution in [2.24, 2.45) is 5.73 Å². The molecule has 0 spiro atoms. The van der Waals surface area contributed by atoms with Gasteiger partial charge in [0, 0.05) is 6.54 Å². The second-order valence-electron chi connectivity index (χ2n) is 2.48. The van der Waals surface area contributed by atoms with Crippen molar-refractivity contribution in [1.29, 1.82) is 0 Å². The maximum Gasteiger partial charge on any atom is 0.137 e. The quantitative estimate of drug-likeness (QED) is 0.746. The van der Waals surface area contributed by atoms with Crippen molar-refractivity contribution in [3.63, 3.8) is 0 Å². The van der Waals surface area contributed by atoms with Crippen molar-refractivity contribution in [3.05, 3.63) is 29.8 Å². The maximum absolute atomic E-state index is 13.0. The average molecular weight is 169 g/mol. The summed E-state index contributed by atoms with van der Waals surface area (Å²) in [7, 11) is 1.55. The summed E-state index contributed by atoms with van der Waals surface area (Å²) < 4.78 is 17.9. The molecule has 2 nitrogen and oxygen atoms in total. The van der Waals surface area contributed by atoms with E-state index in [9.17, 15) is 4.39 Å². The summed E-state index contributed by atoms with van der Waals surface area (Å²) in [5, 5.41) is 0. The Balaban J connectivity index is 2.86. The predicted octanol–water partition coefficient (Wildman–Crippen LogP) is 1.66. The lowest BCUT2D eigenvalue weighted by molar-refractivity contribution is 0.350. The standard InChI is InChI=1S/C9H12FNO/c1-12-8-4-2-3-7(5-8)9(10)6-11/h2-5,9H,6,11H2,1H3. The smallest absolute Gasteiger partial charge is 0.137 e. The highest BCUT2D eigenvalue weighted by Gasteiger charge is 2.06. The maximum atomic E-state index is 13.0. The van der Waals surface area contributed by atoms with Gasteiger partial charge in [-0.1, -0.05) is 12.1 Å². The topological polar surface area (TPSA) is 35.2 Å². The molecule has 1 rings (SSSR count). The van der Waals surface area contributed by atoms with Gasteiger partial charge in [0.05, 0.1) is 7.11 Å². The number of rotatable bonds is 3. The van der Waals surface area contributed by atoms with E-state index in [0.29, 0.717) is 11.3 Å². The van der Waals surface area contributed by atoms with Gasteiger partial charge in [-0.2, -0.15) is 0 Å². The number of halogens is 1. The Kier molecular flexibility index (Phi) is 3.05. The van der Waals surface area contributed by atoms with Crippen LogP contribution in [0.1, 0.15) is 11.7 Å². The first-order valence-corrected chi connectivity index (χ1v) is 3.76. The summed E-state index contributed by atoms with van der Waals surface area (Å²) in [6.45, 7) is 0.00711. The molecule has 2 N–H and O–H groups in total. The molecular weight excluding hydrogens is 157 g/mol. The zero-order valence-corrected chi connectivity index (χ0v) is 6.96. The third-order valence-electron chi connectivity index (χ3n) is 1.66. The molecule has 0 saturated carbocycles. The number of benzene rings is 1. The molecule has 1 aromatic rings. The number of methoxy groups -OCH3 is 1. The second-order valence-corrected chi connectivity index (χ2v) is 2.48. The van der Waals surface area contributed by atoms with Crippen LogP contribution in [0.4, 0.5) is 4.39 Å². The van der Waals surface area contributed by atoms with Gasteiger partial charge < -0.3 is 10.5 Å². The minimum Gasteiger partial charge on any atom is -0.497 e. The van der Waals surface area contributed by atoms with Crippen molar-refractivity contribution in [3.8, 4) is 5.75 Å². The number of ether oxygens (including phenoxy) is 1. The first-order valence-electron chi connectivity index (χ1n) is 3.76. The van der Waals surface area contributed by atoms with Gasteiger partial charge in [0.2, 0.25) is 0 Å². The van der Waals surface area contributed by atoms with Crippen LogP contribution in [0.15, 0.2) is 24.3 Å². The Morgan fingerprint density at radius 1 is 1.58 bits per heavy atom. The van der Waals surface area contributed by atoms with Gasteiger partial charge in [0.15, 0.2) is 0 Å². The molecule has 0 aliphatic rings. The summed E-state index contributed by atoms with van der Waals surface area (Å²) in [5.41, 5.74) is 5.75. The third-order valence-corrected chi connectivity index (χ3v) is 1.66. The zero-order chi connectivity index (χ0) is 8.97. The lowest BCUT2D eigenvalue weighted by Crippen LogP contribution is -2.07. The van der Waals surface area contributed by atoms with Crippen LogP contribution in [0, 0.1) is 0 Å². The van der Waals surface area contributed by atoms with Gasteiger partial charge in [0.25, 0.3) is 0 Å².